The molecule has 0 atom stereocenters. The molecule has 2 aromatic rings. The summed E-state index contributed by atoms with van der Waals surface area (Å²) in [4.78, 5) is 23.8. The molecule has 0 saturated carbocycles. The molecule has 5 nitrogen and oxygen atoms in total. The molecule has 2 aromatic carbocycles. The molecule has 0 unspecified atom stereocenters. The van der Waals surface area contributed by atoms with Crippen LogP contribution < -0.4 is 10.1 Å². The van der Waals surface area contributed by atoms with Crippen molar-refractivity contribution in [1.82, 2.24) is 5.32 Å². The molecule has 1 N–H and O–H groups in total. The van der Waals surface area contributed by atoms with Crippen LogP contribution in [0.2, 0.25) is 0 Å². The molecule has 0 aromatic heterocycles. The molecule has 2 rings (SSSR count). The molecule has 25 heavy (non-hydrogen) atoms. The van der Waals surface area contributed by atoms with E-state index >= 15 is 0 Å². The first kappa shape index (κ1) is 18.7. The minimum atomic E-state index is -0.624. The summed E-state index contributed by atoms with van der Waals surface area (Å²) in [6, 6.07) is 14.6. The standard InChI is InChI=1S/C19H18BrNO4/c1-13(22)21-17(10-14-6-4-3-5-7-14)19(23)25-12-15-11-16(20)8-9-18(15)24-2/h3-11H,12H2,1-2H3,(H,21,22)/b17-10-. The van der Waals surface area contributed by atoms with Gasteiger partial charge < -0.3 is 14.8 Å². The first-order chi connectivity index (χ1) is 12.0. The molecular formula is C19H18BrNO4. The van der Waals surface area contributed by atoms with Crippen LogP contribution in [0.1, 0.15) is 18.1 Å². The number of amides is 1. The van der Waals surface area contributed by atoms with E-state index in [0.29, 0.717) is 11.3 Å². The van der Waals surface area contributed by atoms with Gasteiger partial charge in [-0.05, 0) is 29.8 Å². The number of ether oxygens (including phenoxy) is 2. The van der Waals surface area contributed by atoms with Gasteiger partial charge in [-0.3, -0.25) is 4.79 Å². The molecule has 0 heterocycles. The Morgan fingerprint density at radius 1 is 1.16 bits per heavy atom. The minimum absolute atomic E-state index is 0.0210. The Bertz CT molecular complexity index is 787. The fourth-order valence-corrected chi connectivity index (χ4v) is 2.54. The molecule has 6 heteroatoms. The summed E-state index contributed by atoms with van der Waals surface area (Å²) < 4.78 is 11.4. The van der Waals surface area contributed by atoms with Crippen molar-refractivity contribution in [3.05, 3.63) is 69.8 Å². The topological polar surface area (TPSA) is 64.6 Å². The molecule has 0 spiro atoms. The third-order valence-electron chi connectivity index (χ3n) is 3.24. The zero-order chi connectivity index (χ0) is 18.2. The van der Waals surface area contributed by atoms with Crippen LogP contribution in [0.25, 0.3) is 6.08 Å². The van der Waals surface area contributed by atoms with E-state index in [1.165, 1.54) is 6.92 Å². The van der Waals surface area contributed by atoms with Crippen LogP contribution >= 0.6 is 15.9 Å². The van der Waals surface area contributed by atoms with Crippen LogP contribution in [0.4, 0.5) is 0 Å². The van der Waals surface area contributed by atoms with E-state index in [9.17, 15) is 9.59 Å². The summed E-state index contributed by atoms with van der Waals surface area (Å²) in [6.07, 6.45) is 1.57. The number of methoxy groups -OCH3 is 1. The largest absolute Gasteiger partial charge is 0.496 e. The highest BCUT2D eigenvalue weighted by atomic mass is 79.9. The summed E-state index contributed by atoms with van der Waals surface area (Å²) in [5.41, 5.74) is 1.57. The minimum Gasteiger partial charge on any atom is -0.496 e. The molecule has 0 aliphatic carbocycles. The van der Waals surface area contributed by atoms with Crippen molar-refractivity contribution in [1.29, 1.82) is 0 Å². The zero-order valence-electron chi connectivity index (χ0n) is 13.9. The Labute approximate surface area is 154 Å². The molecule has 130 valence electrons. The Balaban J connectivity index is 2.16. The summed E-state index contributed by atoms with van der Waals surface area (Å²) in [5, 5.41) is 2.51. The lowest BCUT2D eigenvalue weighted by Gasteiger charge is -2.12. The van der Waals surface area contributed by atoms with E-state index in [0.717, 1.165) is 10.0 Å². The number of carbonyl (C=O) groups excluding carboxylic acids is 2. The van der Waals surface area contributed by atoms with E-state index in [-0.39, 0.29) is 18.2 Å². The monoisotopic (exact) mass is 403 g/mol. The number of hydrogen-bond acceptors (Lipinski definition) is 4. The van der Waals surface area contributed by atoms with Gasteiger partial charge in [-0.2, -0.15) is 0 Å². The van der Waals surface area contributed by atoms with Gasteiger partial charge in [-0.25, -0.2) is 4.79 Å². The van der Waals surface area contributed by atoms with E-state index in [1.807, 2.05) is 42.5 Å². The van der Waals surface area contributed by atoms with Gasteiger partial charge in [0.15, 0.2) is 0 Å². The average Bonchev–Trinajstić information content (AvgIpc) is 2.59. The second kappa shape index (κ2) is 9.03. The fourth-order valence-electron chi connectivity index (χ4n) is 2.13. The number of nitrogens with one attached hydrogen (secondary N) is 1. The second-order valence-corrected chi connectivity index (χ2v) is 6.10. The van der Waals surface area contributed by atoms with Crippen molar-refractivity contribution in [2.45, 2.75) is 13.5 Å². The maximum atomic E-state index is 12.4. The quantitative estimate of drug-likeness (QED) is 0.590. The maximum Gasteiger partial charge on any atom is 0.355 e. The van der Waals surface area contributed by atoms with Crippen molar-refractivity contribution in [3.63, 3.8) is 0 Å². The third-order valence-corrected chi connectivity index (χ3v) is 3.74. The normalized spacial score (nSPS) is 10.9. The Morgan fingerprint density at radius 2 is 1.88 bits per heavy atom. The number of halogens is 1. The maximum absolute atomic E-state index is 12.4. The molecular weight excluding hydrogens is 386 g/mol. The lowest BCUT2D eigenvalue weighted by Crippen LogP contribution is -2.26. The summed E-state index contributed by atoms with van der Waals surface area (Å²) in [6.45, 7) is 1.36. The van der Waals surface area contributed by atoms with Gasteiger partial charge in [-0.15, -0.1) is 0 Å². The summed E-state index contributed by atoms with van der Waals surface area (Å²) in [5.74, 6) is -0.357. The predicted molar refractivity (Wildman–Crippen MR) is 98.7 cm³/mol. The van der Waals surface area contributed by atoms with E-state index in [1.54, 1.807) is 19.3 Å². The second-order valence-electron chi connectivity index (χ2n) is 5.18. The van der Waals surface area contributed by atoms with Gasteiger partial charge in [0, 0.05) is 17.0 Å². The molecule has 0 saturated heterocycles. The van der Waals surface area contributed by atoms with E-state index in [4.69, 9.17) is 9.47 Å². The molecule has 0 fully saturated rings. The van der Waals surface area contributed by atoms with Crippen LogP contribution in [0.15, 0.2) is 58.7 Å². The smallest absolute Gasteiger partial charge is 0.355 e. The van der Waals surface area contributed by atoms with E-state index < -0.39 is 5.97 Å². The Morgan fingerprint density at radius 3 is 2.52 bits per heavy atom. The van der Waals surface area contributed by atoms with Crippen LogP contribution in [0.3, 0.4) is 0 Å². The Kier molecular flexibility index (Phi) is 6.77. The SMILES string of the molecule is COc1ccc(Br)cc1COC(=O)/C(=C/c1ccccc1)NC(C)=O. The number of hydrogen-bond donors (Lipinski definition) is 1. The number of esters is 1. The molecule has 0 aliphatic heterocycles. The van der Waals surface area contributed by atoms with Gasteiger partial charge in [0.25, 0.3) is 0 Å². The average molecular weight is 404 g/mol. The zero-order valence-corrected chi connectivity index (χ0v) is 15.5. The number of rotatable bonds is 6. The van der Waals surface area contributed by atoms with Crippen molar-refractivity contribution >= 4 is 33.9 Å². The Hall–Kier alpha value is -2.60. The van der Waals surface area contributed by atoms with Gasteiger partial charge in [0.2, 0.25) is 5.91 Å². The molecule has 0 aliphatic rings. The fraction of sp³-hybridized carbons (Fsp3) is 0.158. The van der Waals surface area contributed by atoms with Gasteiger partial charge in [0.1, 0.15) is 18.1 Å². The summed E-state index contributed by atoms with van der Waals surface area (Å²) >= 11 is 3.37. The van der Waals surface area contributed by atoms with Gasteiger partial charge >= 0.3 is 5.97 Å². The lowest BCUT2D eigenvalue weighted by molar-refractivity contribution is -0.141. The van der Waals surface area contributed by atoms with Crippen LogP contribution in [0.5, 0.6) is 5.75 Å². The van der Waals surface area contributed by atoms with Crippen molar-refractivity contribution < 1.29 is 19.1 Å². The highest BCUT2D eigenvalue weighted by molar-refractivity contribution is 9.10. The third kappa shape index (κ3) is 5.76. The van der Waals surface area contributed by atoms with Crippen molar-refractivity contribution in [2.75, 3.05) is 7.11 Å². The predicted octanol–water partition coefficient (Wildman–Crippen LogP) is 3.68. The van der Waals surface area contributed by atoms with Crippen LogP contribution in [0, 0.1) is 0 Å². The summed E-state index contributed by atoms with van der Waals surface area (Å²) in [7, 11) is 1.55. The highest BCUT2D eigenvalue weighted by Crippen LogP contribution is 2.24. The van der Waals surface area contributed by atoms with Crippen molar-refractivity contribution in [2.24, 2.45) is 0 Å². The number of carbonyl (C=O) groups is 2. The van der Waals surface area contributed by atoms with Crippen LogP contribution in [-0.4, -0.2) is 19.0 Å². The van der Waals surface area contributed by atoms with Gasteiger partial charge in [0.05, 0.1) is 7.11 Å². The van der Waals surface area contributed by atoms with Crippen molar-refractivity contribution in [3.8, 4) is 5.75 Å². The molecule has 1 amide bonds. The molecule has 0 bridgehead atoms. The lowest BCUT2D eigenvalue weighted by atomic mass is 10.2. The van der Waals surface area contributed by atoms with Crippen LogP contribution in [-0.2, 0) is 20.9 Å². The van der Waals surface area contributed by atoms with E-state index in [2.05, 4.69) is 21.2 Å². The first-order valence-corrected chi connectivity index (χ1v) is 8.33. The van der Waals surface area contributed by atoms with Gasteiger partial charge in [-0.1, -0.05) is 46.3 Å². The molecule has 0 radical (unpaired) electrons. The number of benzene rings is 2. The first-order valence-electron chi connectivity index (χ1n) is 7.53. The highest BCUT2D eigenvalue weighted by Gasteiger charge is 2.14.